The average Bonchev–Trinajstić information content (AvgIpc) is 2.83. The molecule has 2 rings (SSSR count). The van der Waals surface area contributed by atoms with Crippen molar-refractivity contribution in [1.29, 1.82) is 0 Å². The number of ether oxygens (including phenoxy) is 1. The SMILES string of the molecule is COc1cnc(NCCc2cnc[nH]2)nc1. The van der Waals surface area contributed by atoms with Crippen molar-refractivity contribution in [2.75, 3.05) is 19.0 Å². The Morgan fingerprint density at radius 2 is 2.12 bits per heavy atom. The number of aromatic amines is 1. The van der Waals surface area contributed by atoms with Gasteiger partial charge in [-0.05, 0) is 0 Å². The molecule has 0 saturated heterocycles. The molecule has 0 saturated carbocycles. The summed E-state index contributed by atoms with van der Waals surface area (Å²) in [5.74, 6) is 1.25. The molecule has 0 radical (unpaired) electrons. The van der Waals surface area contributed by atoms with Gasteiger partial charge in [-0.15, -0.1) is 0 Å². The highest BCUT2D eigenvalue weighted by Gasteiger charge is 1.97. The quantitative estimate of drug-likeness (QED) is 0.780. The van der Waals surface area contributed by atoms with Gasteiger partial charge in [0.1, 0.15) is 0 Å². The first-order chi connectivity index (χ1) is 7.88. The van der Waals surface area contributed by atoms with E-state index in [1.807, 2.05) is 0 Å². The Bertz CT molecular complexity index is 411. The lowest BCUT2D eigenvalue weighted by molar-refractivity contribution is 0.411. The Hall–Kier alpha value is -2.11. The summed E-state index contributed by atoms with van der Waals surface area (Å²) >= 11 is 0. The van der Waals surface area contributed by atoms with Gasteiger partial charge in [-0.3, -0.25) is 0 Å². The number of rotatable bonds is 5. The number of aromatic nitrogens is 4. The van der Waals surface area contributed by atoms with E-state index in [1.54, 1.807) is 32.0 Å². The van der Waals surface area contributed by atoms with Crippen LogP contribution in [0.1, 0.15) is 5.69 Å². The predicted octanol–water partition coefficient (Wildman–Crippen LogP) is 0.863. The fourth-order valence-electron chi connectivity index (χ4n) is 1.24. The van der Waals surface area contributed by atoms with Gasteiger partial charge < -0.3 is 15.0 Å². The second-order valence-electron chi connectivity index (χ2n) is 3.20. The van der Waals surface area contributed by atoms with E-state index in [-0.39, 0.29) is 0 Å². The fourth-order valence-corrected chi connectivity index (χ4v) is 1.24. The van der Waals surface area contributed by atoms with Crippen molar-refractivity contribution >= 4 is 5.95 Å². The second-order valence-corrected chi connectivity index (χ2v) is 3.20. The highest BCUT2D eigenvalue weighted by Crippen LogP contribution is 2.06. The molecule has 0 aliphatic carbocycles. The lowest BCUT2D eigenvalue weighted by Crippen LogP contribution is -2.07. The van der Waals surface area contributed by atoms with Crippen molar-refractivity contribution in [3.63, 3.8) is 0 Å². The van der Waals surface area contributed by atoms with Crippen LogP contribution in [0.5, 0.6) is 5.75 Å². The van der Waals surface area contributed by atoms with E-state index in [9.17, 15) is 0 Å². The summed E-state index contributed by atoms with van der Waals surface area (Å²) in [5.41, 5.74) is 1.08. The van der Waals surface area contributed by atoms with Crippen LogP contribution >= 0.6 is 0 Å². The van der Waals surface area contributed by atoms with Crippen LogP contribution in [0.4, 0.5) is 5.95 Å². The van der Waals surface area contributed by atoms with E-state index in [4.69, 9.17) is 4.74 Å². The van der Waals surface area contributed by atoms with Crippen molar-refractivity contribution < 1.29 is 4.74 Å². The third kappa shape index (κ3) is 2.69. The second kappa shape index (κ2) is 5.11. The number of H-pyrrole nitrogens is 1. The van der Waals surface area contributed by atoms with E-state index in [1.165, 1.54) is 0 Å². The molecule has 0 bridgehead atoms. The standard InChI is InChI=1S/C10H13N5O/c1-16-9-5-13-10(14-6-9)12-3-2-8-4-11-7-15-8/h4-7H,2-3H2,1H3,(H,11,15)(H,12,13,14). The predicted molar refractivity (Wildman–Crippen MR) is 59.4 cm³/mol. The Morgan fingerprint density at radius 3 is 2.75 bits per heavy atom. The van der Waals surface area contributed by atoms with Gasteiger partial charge in [-0.2, -0.15) is 0 Å². The minimum Gasteiger partial charge on any atom is -0.494 e. The molecule has 0 spiro atoms. The summed E-state index contributed by atoms with van der Waals surface area (Å²) in [4.78, 5) is 15.2. The van der Waals surface area contributed by atoms with E-state index < -0.39 is 0 Å². The number of nitrogens with zero attached hydrogens (tertiary/aromatic N) is 3. The number of anilines is 1. The maximum atomic E-state index is 4.97. The molecule has 0 aliphatic heterocycles. The normalized spacial score (nSPS) is 10.1. The maximum Gasteiger partial charge on any atom is 0.222 e. The number of imidazole rings is 1. The Labute approximate surface area is 93.1 Å². The summed E-state index contributed by atoms with van der Waals surface area (Å²) in [6.45, 7) is 0.758. The lowest BCUT2D eigenvalue weighted by atomic mass is 10.3. The Kier molecular flexibility index (Phi) is 3.32. The van der Waals surface area contributed by atoms with E-state index in [0.717, 1.165) is 18.7 Å². The van der Waals surface area contributed by atoms with Crippen molar-refractivity contribution in [3.8, 4) is 5.75 Å². The molecule has 6 heteroatoms. The molecule has 84 valence electrons. The van der Waals surface area contributed by atoms with Crippen LogP contribution < -0.4 is 10.1 Å². The third-order valence-electron chi connectivity index (χ3n) is 2.10. The zero-order valence-electron chi connectivity index (χ0n) is 8.97. The van der Waals surface area contributed by atoms with Gasteiger partial charge in [0.2, 0.25) is 5.95 Å². The summed E-state index contributed by atoms with van der Waals surface area (Å²) in [7, 11) is 1.59. The topological polar surface area (TPSA) is 75.7 Å². The number of hydrogen-bond acceptors (Lipinski definition) is 5. The molecule has 2 aromatic rings. The van der Waals surface area contributed by atoms with Crippen LogP contribution in [-0.4, -0.2) is 33.6 Å². The Balaban J connectivity index is 1.81. The van der Waals surface area contributed by atoms with Crippen molar-refractivity contribution in [3.05, 3.63) is 30.6 Å². The zero-order valence-corrected chi connectivity index (χ0v) is 8.97. The molecule has 0 amide bonds. The molecule has 0 aliphatic rings. The van der Waals surface area contributed by atoms with Crippen LogP contribution in [0.3, 0.4) is 0 Å². The first kappa shape index (κ1) is 10.4. The van der Waals surface area contributed by atoms with Gasteiger partial charge in [-0.1, -0.05) is 0 Å². The smallest absolute Gasteiger partial charge is 0.222 e. The van der Waals surface area contributed by atoms with Crippen molar-refractivity contribution in [2.45, 2.75) is 6.42 Å². The van der Waals surface area contributed by atoms with E-state index in [2.05, 4.69) is 25.3 Å². The monoisotopic (exact) mass is 219 g/mol. The fraction of sp³-hybridized carbons (Fsp3) is 0.300. The molecule has 0 atom stereocenters. The molecule has 16 heavy (non-hydrogen) atoms. The van der Waals surface area contributed by atoms with Gasteiger partial charge in [0.15, 0.2) is 5.75 Å². The van der Waals surface area contributed by atoms with Gasteiger partial charge >= 0.3 is 0 Å². The summed E-state index contributed by atoms with van der Waals surface area (Å²) in [6, 6.07) is 0. The summed E-state index contributed by atoms with van der Waals surface area (Å²) < 4.78 is 4.97. The van der Waals surface area contributed by atoms with Crippen LogP contribution in [-0.2, 0) is 6.42 Å². The highest BCUT2D eigenvalue weighted by molar-refractivity contribution is 5.27. The highest BCUT2D eigenvalue weighted by atomic mass is 16.5. The van der Waals surface area contributed by atoms with Crippen LogP contribution in [0.2, 0.25) is 0 Å². The molecular weight excluding hydrogens is 206 g/mol. The largest absolute Gasteiger partial charge is 0.494 e. The molecule has 6 nitrogen and oxygen atoms in total. The Morgan fingerprint density at radius 1 is 1.31 bits per heavy atom. The van der Waals surface area contributed by atoms with Crippen LogP contribution in [0.15, 0.2) is 24.9 Å². The van der Waals surface area contributed by atoms with Gasteiger partial charge in [-0.25, -0.2) is 15.0 Å². The molecule has 0 aromatic carbocycles. The zero-order chi connectivity index (χ0) is 11.2. The van der Waals surface area contributed by atoms with Gasteiger partial charge in [0.25, 0.3) is 0 Å². The number of hydrogen-bond donors (Lipinski definition) is 2. The lowest BCUT2D eigenvalue weighted by Gasteiger charge is -2.03. The molecule has 0 fully saturated rings. The minimum absolute atomic E-state index is 0.598. The molecule has 0 unspecified atom stereocenters. The van der Waals surface area contributed by atoms with E-state index >= 15 is 0 Å². The molecule has 2 aromatic heterocycles. The van der Waals surface area contributed by atoms with Crippen molar-refractivity contribution in [2.24, 2.45) is 0 Å². The minimum atomic E-state index is 0.598. The van der Waals surface area contributed by atoms with Crippen LogP contribution in [0, 0.1) is 0 Å². The average molecular weight is 219 g/mol. The number of methoxy groups -OCH3 is 1. The van der Waals surface area contributed by atoms with Crippen molar-refractivity contribution in [1.82, 2.24) is 19.9 Å². The first-order valence-corrected chi connectivity index (χ1v) is 4.95. The molecular formula is C10H13N5O. The third-order valence-corrected chi connectivity index (χ3v) is 2.10. The molecule has 2 heterocycles. The summed E-state index contributed by atoms with van der Waals surface area (Å²) in [6.07, 6.45) is 7.59. The van der Waals surface area contributed by atoms with Gasteiger partial charge in [0, 0.05) is 24.9 Å². The van der Waals surface area contributed by atoms with Gasteiger partial charge in [0.05, 0.1) is 25.8 Å². The van der Waals surface area contributed by atoms with Crippen LogP contribution in [0.25, 0.3) is 0 Å². The van der Waals surface area contributed by atoms with E-state index in [0.29, 0.717) is 11.7 Å². The molecule has 2 N–H and O–H groups in total. The summed E-state index contributed by atoms with van der Waals surface area (Å²) in [5, 5.41) is 3.11. The maximum absolute atomic E-state index is 4.97. The first-order valence-electron chi connectivity index (χ1n) is 4.95. The number of nitrogens with one attached hydrogen (secondary N) is 2.